The molecule has 0 atom stereocenters. The van der Waals surface area contributed by atoms with Crippen LogP contribution in [0.15, 0.2) is 18.8 Å². The number of nitrogens with zero attached hydrogens (tertiary/aromatic N) is 1. The van der Waals surface area contributed by atoms with Crippen LogP contribution in [0.25, 0.3) is 5.57 Å². The maximum absolute atomic E-state index is 5.81. The molecule has 12 heavy (non-hydrogen) atoms. The van der Waals surface area contributed by atoms with Gasteiger partial charge in [0.15, 0.2) is 0 Å². The summed E-state index contributed by atoms with van der Waals surface area (Å²) in [5.74, 6) is 0. The van der Waals surface area contributed by atoms with Crippen LogP contribution in [0.3, 0.4) is 0 Å². The van der Waals surface area contributed by atoms with Crippen LogP contribution in [-0.4, -0.2) is 4.98 Å². The van der Waals surface area contributed by atoms with Gasteiger partial charge in [0.1, 0.15) is 0 Å². The maximum Gasteiger partial charge on any atom is 0.0900 e. The number of nitrogen functional groups attached to an aromatic ring is 1. The first-order valence-corrected chi connectivity index (χ1v) is 4.12. The van der Waals surface area contributed by atoms with E-state index in [2.05, 4.69) is 11.6 Å². The van der Waals surface area contributed by atoms with Gasteiger partial charge in [0.05, 0.1) is 16.4 Å². The summed E-state index contributed by atoms with van der Waals surface area (Å²) in [7, 11) is 0. The summed E-state index contributed by atoms with van der Waals surface area (Å²) in [5, 5.41) is 0.537. The molecule has 0 aliphatic carbocycles. The predicted octanol–water partition coefficient (Wildman–Crippen LogP) is 2.74. The number of allylic oxidation sites excluding steroid dienone is 1. The minimum Gasteiger partial charge on any atom is -0.396 e. The van der Waals surface area contributed by atoms with Crippen molar-refractivity contribution in [3.05, 3.63) is 29.6 Å². The first-order valence-electron chi connectivity index (χ1n) is 3.75. The molecule has 0 spiro atoms. The van der Waals surface area contributed by atoms with Crippen LogP contribution in [0.2, 0.25) is 5.02 Å². The lowest BCUT2D eigenvalue weighted by Gasteiger charge is -2.06. The Balaban J connectivity index is 3.16. The Labute approximate surface area is 77.1 Å². The van der Waals surface area contributed by atoms with Crippen molar-refractivity contribution in [2.45, 2.75) is 13.3 Å². The fourth-order valence-corrected chi connectivity index (χ4v) is 1.04. The van der Waals surface area contributed by atoms with Crippen molar-refractivity contribution in [1.82, 2.24) is 4.98 Å². The minimum absolute atomic E-state index is 0.519. The average molecular weight is 183 g/mol. The Bertz CT molecular complexity index is 307. The smallest absolute Gasteiger partial charge is 0.0900 e. The summed E-state index contributed by atoms with van der Waals surface area (Å²) in [4.78, 5) is 4.10. The van der Waals surface area contributed by atoms with Gasteiger partial charge in [-0.05, 0) is 18.1 Å². The van der Waals surface area contributed by atoms with Crippen LogP contribution >= 0.6 is 11.6 Å². The zero-order valence-electron chi connectivity index (χ0n) is 6.97. The van der Waals surface area contributed by atoms with E-state index in [1.807, 2.05) is 6.92 Å². The van der Waals surface area contributed by atoms with Crippen molar-refractivity contribution in [3.63, 3.8) is 0 Å². The van der Waals surface area contributed by atoms with Gasteiger partial charge in [-0.3, -0.25) is 4.98 Å². The van der Waals surface area contributed by atoms with Crippen molar-refractivity contribution >= 4 is 22.9 Å². The molecule has 64 valence electrons. The summed E-state index contributed by atoms with van der Waals surface area (Å²) in [6, 6.07) is 1.67. The molecule has 0 aliphatic rings. The number of nitrogens with two attached hydrogens (primary N) is 1. The second-order valence-corrected chi connectivity index (χ2v) is 2.92. The monoisotopic (exact) mass is 182 g/mol. The fourth-order valence-electron chi connectivity index (χ4n) is 0.899. The van der Waals surface area contributed by atoms with Crippen molar-refractivity contribution in [1.29, 1.82) is 0 Å². The normalized spacial score (nSPS) is 9.83. The molecule has 2 N–H and O–H groups in total. The van der Waals surface area contributed by atoms with E-state index < -0.39 is 0 Å². The number of hydrogen-bond acceptors (Lipinski definition) is 2. The lowest BCUT2D eigenvalue weighted by molar-refractivity contribution is 1.18. The number of aromatic nitrogens is 1. The molecule has 0 radical (unpaired) electrons. The summed E-state index contributed by atoms with van der Waals surface area (Å²) < 4.78 is 0. The predicted molar refractivity (Wildman–Crippen MR) is 53.0 cm³/mol. The quantitative estimate of drug-likeness (QED) is 0.764. The Morgan fingerprint density at radius 2 is 2.42 bits per heavy atom. The lowest BCUT2D eigenvalue weighted by atomic mass is 10.1. The van der Waals surface area contributed by atoms with E-state index >= 15 is 0 Å². The van der Waals surface area contributed by atoms with Gasteiger partial charge in [0.25, 0.3) is 0 Å². The molecule has 0 amide bonds. The highest BCUT2D eigenvalue weighted by Crippen LogP contribution is 2.26. The van der Waals surface area contributed by atoms with Gasteiger partial charge >= 0.3 is 0 Å². The van der Waals surface area contributed by atoms with Gasteiger partial charge in [-0.2, -0.15) is 0 Å². The van der Waals surface area contributed by atoms with Gasteiger partial charge < -0.3 is 5.73 Å². The van der Waals surface area contributed by atoms with Gasteiger partial charge in [-0.1, -0.05) is 25.1 Å². The zero-order valence-corrected chi connectivity index (χ0v) is 7.73. The first-order chi connectivity index (χ1) is 5.66. The van der Waals surface area contributed by atoms with Crippen LogP contribution in [0.5, 0.6) is 0 Å². The Kier molecular flexibility index (Phi) is 2.71. The standard InChI is InChI=1S/C9H11ClN2/c1-3-6(2)9-8(11)7(10)4-5-12-9/h4-5H,2-3,11H2,1H3. The molecule has 0 fully saturated rings. The average Bonchev–Trinajstić information content (AvgIpc) is 2.08. The van der Waals surface area contributed by atoms with E-state index in [9.17, 15) is 0 Å². The summed E-state index contributed by atoms with van der Waals surface area (Å²) in [6.45, 7) is 5.85. The molecule has 0 bridgehead atoms. The van der Waals surface area contributed by atoms with Crippen molar-refractivity contribution in [2.75, 3.05) is 5.73 Å². The van der Waals surface area contributed by atoms with E-state index in [0.29, 0.717) is 16.4 Å². The second-order valence-electron chi connectivity index (χ2n) is 2.51. The van der Waals surface area contributed by atoms with Gasteiger partial charge in [0, 0.05) is 6.20 Å². The third-order valence-electron chi connectivity index (χ3n) is 1.70. The Hall–Kier alpha value is -1.02. The van der Waals surface area contributed by atoms with E-state index in [1.54, 1.807) is 12.3 Å². The van der Waals surface area contributed by atoms with Gasteiger partial charge in [0.2, 0.25) is 0 Å². The molecule has 0 saturated carbocycles. The third-order valence-corrected chi connectivity index (χ3v) is 2.03. The molecular weight excluding hydrogens is 172 g/mol. The first kappa shape index (κ1) is 9.07. The lowest BCUT2D eigenvalue weighted by Crippen LogP contribution is -1.96. The van der Waals surface area contributed by atoms with Crippen LogP contribution < -0.4 is 5.73 Å². The number of rotatable bonds is 2. The van der Waals surface area contributed by atoms with E-state index in [0.717, 1.165) is 12.0 Å². The molecule has 1 aromatic heterocycles. The third kappa shape index (κ3) is 1.59. The second kappa shape index (κ2) is 3.59. The van der Waals surface area contributed by atoms with Crippen LogP contribution in [0, 0.1) is 0 Å². The molecule has 1 heterocycles. The summed E-state index contributed by atoms with van der Waals surface area (Å²) in [6.07, 6.45) is 2.46. The van der Waals surface area contributed by atoms with Crippen LogP contribution in [0.4, 0.5) is 5.69 Å². The van der Waals surface area contributed by atoms with E-state index in [-0.39, 0.29) is 0 Å². The largest absolute Gasteiger partial charge is 0.396 e. The van der Waals surface area contributed by atoms with Crippen LogP contribution in [0.1, 0.15) is 19.0 Å². The fraction of sp³-hybridized carbons (Fsp3) is 0.222. The SMILES string of the molecule is C=C(CC)c1nccc(Cl)c1N. The number of hydrogen-bond donors (Lipinski definition) is 1. The molecule has 0 aromatic carbocycles. The topological polar surface area (TPSA) is 38.9 Å². The highest BCUT2D eigenvalue weighted by Gasteiger charge is 2.05. The number of pyridine rings is 1. The molecule has 2 nitrogen and oxygen atoms in total. The van der Waals surface area contributed by atoms with Crippen LogP contribution in [-0.2, 0) is 0 Å². The highest BCUT2D eigenvalue weighted by atomic mass is 35.5. The molecule has 0 aliphatic heterocycles. The van der Waals surface area contributed by atoms with E-state index in [1.165, 1.54) is 0 Å². The number of anilines is 1. The molecule has 3 heteroatoms. The zero-order chi connectivity index (χ0) is 9.14. The van der Waals surface area contributed by atoms with E-state index in [4.69, 9.17) is 17.3 Å². The maximum atomic E-state index is 5.81. The highest BCUT2D eigenvalue weighted by molar-refractivity contribution is 6.33. The molecule has 0 unspecified atom stereocenters. The summed E-state index contributed by atoms with van der Waals surface area (Å²) in [5.41, 5.74) is 7.85. The van der Waals surface area contributed by atoms with Gasteiger partial charge in [-0.15, -0.1) is 0 Å². The van der Waals surface area contributed by atoms with Crippen molar-refractivity contribution in [3.8, 4) is 0 Å². The minimum atomic E-state index is 0.519. The summed E-state index contributed by atoms with van der Waals surface area (Å²) >= 11 is 5.81. The van der Waals surface area contributed by atoms with Crippen molar-refractivity contribution in [2.24, 2.45) is 0 Å². The molecule has 1 aromatic rings. The molecular formula is C9H11ClN2. The number of halogens is 1. The Morgan fingerprint density at radius 1 is 1.75 bits per heavy atom. The molecule has 0 saturated heterocycles. The Morgan fingerprint density at radius 3 is 3.00 bits per heavy atom. The van der Waals surface area contributed by atoms with Gasteiger partial charge in [-0.25, -0.2) is 0 Å². The molecule has 1 rings (SSSR count). The van der Waals surface area contributed by atoms with Crippen molar-refractivity contribution < 1.29 is 0 Å².